The van der Waals surface area contributed by atoms with E-state index < -0.39 is 0 Å². The van der Waals surface area contributed by atoms with Gasteiger partial charge in [0.25, 0.3) is 0 Å². The van der Waals surface area contributed by atoms with Crippen LogP contribution in [0.4, 0.5) is 0 Å². The molecule has 122 valence electrons. The summed E-state index contributed by atoms with van der Waals surface area (Å²) in [5.74, 6) is -0.382. The number of nitrogens with zero attached hydrogens (tertiary/aromatic N) is 1. The molecule has 0 aliphatic heterocycles. The van der Waals surface area contributed by atoms with Crippen molar-refractivity contribution >= 4 is 21.8 Å². The van der Waals surface area contributed by atoms with Crippen LogP contribution in [-0.2, 0) is 6.54 Å². The maximum absolute atomic E-state index is 11.4. The number of carbonyl (C=O) groups is 1. The van der Waals surface area contributed by atoms with Crippen molar-refractivity contribution in [3.8, 4) is 0 Å². The smallest absolute Gasteiger partial charge is 0.248 e. The second kappa shape index (κ2) is 8.27. The first-order chi connectivity index (χ1) is 11.0. The molecule has 2 aromatic rings. The van der Waals surface area contributed by atoms with Crippen LogP contribution in [0.3, 0.4) is 0 Å². The number of halogens is 1. The number of hydrogen-bond donors (Lipinski definition) is 1. The Labute approximate surface area is 146 Å². The minimum Gasteiger partial charge on any atom is -0.366 e. The standard InChI is InChI=1S/C19H23BrN2O/c1-3-11-22(14(2)17-9-4-5-10-18(17)20)13-15-7-6-8-16(12-15)19(21)23/h4-10,12,14H,3,11,13H2,1-2H3,(H2,21,23). The molecule has 0 saturated carbocycles. The van der Waals surface area contributed by atoms with E-state index in [9.17, 15) is 4.79 Å². The van der Waals surface area contributed by atoms with Gasteiger partial charge in [0.1, 0.15) is 0 Å². The normalized spacial score (nSPS) is 12.3. The lowest BCUT2D eigenvalue weighted by Gasteiger charge is -2.30. The van der Waals surface area contributed by atoms with Crippen molar-refractivity contribution in [2.24, 2.45) is 5.73 Å². The van der Waals surface area contributed by atoms with Gasteiger partial charge < -0.3 is 5.73 Å². The molecule has 0 bridgehead atoms. The number of benzene rings is 2. The largest absolute Gasteiger partial charge is 0.366 e. The molecule has 0 fully saturated rings. The summed E-state index contributed by atoms with van der Waals surface area (Å²) in [7, 11) is 0. The number of primary amides is 1. The SMILES string of the molecule is CCCN(Cc1cccc(C(N)=O)c1)C(C)c1ccccc1Br. The quantitative estimate of drug-likeness (QED) is 0.773. The van der Waals surface area contributed by atoms with E-state index in [2.05, 4.69) is 52.9 Å². The lowest BCUT2D eigenvalue weighted by Crippen LogP contribution is -2.28. The summed E-state index contributed by atoms with van der Waals surface area (Å²) in [5, 5.41) is 0. The van der Waals surface area contributed by atoms with E-state index >= 15 is 0 Å². The van der Waals surface area contributed by atoms with E-state index in [1.165, 1.54) is 5.56 Å². The van der Waals surface area contributed by atoms with E-state index in [1.54, 1.807) is 6.07 Å². The molecular formula is C19H23BrN2O. The Bertz CT molecular complexity index is 672. The highest BCUT2D eigenvalue weighted by molar-refractivity contribution is 9.10. The van der Waals surface area contributed by atoms with Gasteiger partial charge in [0.15, 0.2) is 0 Å². The average Bonchev–Trinajstić information content (AvgIpc) is 2.54. The minimum absolute atomic E-state index is 0.280. The van der Waals surface area contributed by atoms with Gasteiger partial charge in [-0.1, -0.05) is 53.2 Å². The Morgan fingerprint density at radius 1 is 1.22 bits per heavy atom. The third kappa shape index (κ3) is 4.66. The third-order valence-electron chi connectivity index (χ3n) is 4.01. The Morgan fingerprint density at radius 3 is 2.61 bits per heavy atom. The Hall–Kier alpha value is -1.65. The molecule has 1 amide bonds. The molecule has 0 aliphatic rings. The summed E-state index contributed by atoms with van der Waals surface area (Å²) >= 11 is 3.64. The summed E-state index contributed by atoms with van der Waals surface area (Å²) in [6.45, 7) is 6.17. The van der Waals surface area contributed by atoms with Gasteiger partial charge in [-0.2, -0.15) is 0 Å². The highest BCUT2D eigenvalue weighted by atomic mass is 79.9. The molecule has 1 atom stereocenters. The molecule has 0 heterocycles. The van der Waals surface area contributed by atoms with E-state index in [4.69, 9.17) is 5.73 Å². The number of carbonyl (C=O) groups excluding carboxylic acids is 1. The van der Waals surface area contributed by atoms with Crippen molar-refractivity contribution in [1.29, 1.82) is 0 Å². The zero-order valence-corrected chi connectivity index (χ0v) is 15.2. The van der Waals surface area contributed by atoms with E-state index in [-0.39, 0.29) is 11.9 Å². The monoisotopic (exact) mass is 374 g/mol. The Morgan fingerprint density at radius 2 is 1.96 bits per heavy atom. The van der Waals surface area contributed by atoms with Crippen molar-refractivity contribution in [2.75, 3.05) is 6.54 Å². The molecule has 2 aromatic carbocycles. The van der Waals surface area contributed by atoms with Crippen LogP contribution in [-0.4, -0.2) is 17.4 Å². The fraction of sp³-hybridized carbons (Fsp3) is 0.316. The molecule has 23 heavy (non-hydrogen) atoms. The van der Waals surface area contributed by atoms with Crippen LogP contribution in [0, 0.1) is 0 Å². The molecule has 3 nitrogen and oxygen atoms in total. The fourth-order valence-electron chi connectivity index (χ4n) is 2.76. The van der Waals surface area contributed by atoms with E-state index in [0.717, 1.165) is 29.5 Å². The molecule has 0 saturated heterocycles. The van der Waals surface area contributed by atoms with Crippen LogP contribution < -0.4 is 5.73 Å². The van der Waals surface area contributed by atoms with Crippen LogP contribution in [0.25, 0.3) is 0 Å². The number of amides is 1. The van der Waals surface area contributed by atoms with Gasteiger partial charge in [0.05, 0.1) is 0 Å². The topological polar surface area (TPSA) is 46.3 Å². The number of nitrogens with two attached hydrogens (primary N) is 1. The molecule has 0 aliphatic carbocycles. The first kappa shape index (κ1) is 17.7. The van der Waals surface area contributed by atoms with Gasteiger partial charge in [-0.05, 0) is 49.2 Å². The minimum atomic E-state index is -0.382. The summed E-state index contributed by atoms with van der Waals surface area (Å²) in [6.07, 6.45) is 1.07. The molecule has 2 rings (SSSR count). The molecule has 4 heteroatoms. The molecule has 0 radical (unpaired) electrons. The van der Waals surface area contributed by atoms with Gasteiger partial charge >= 0.3 is 0 Å². The van der Waals surface area contributed by atoms with Crippen molar-refractivity contribution < 1.29 is 4.79 Å². The van der Waals surface area contributed by atoms with Crippen LogP contribution in [0.2, 0.25) is 0 Å². The highest BCUT2D eigenvalue weighted by Gasteiger charge is 2.17. The third-order valence-corrected chi connectivity index (χ3v) is 4.73. The second-order valence-electron chi connectivity index (χ2n) is 5.73. The summed E-state index contributed by atoms with van der Waals surface area (Å²) in [5.41, 5.74) is 8.32. The Balaban J connectivity index is 2.23. The average molecular weight is 375 g/mol. The van der Waals surface area contributed by atoms with Crippen LogP contribution >= 0.6 is 15.9 Å². The maximum Gasteiger partial charge on any atom is 0.248 e. The zero-order valence-electron chi connectivity index (χ0n) is 13.6. The molecule has 1 unspecified atom stereocenters. The van der Waals surface area contributed by atoms with Gasteiger partial charge in [0, 0.05) is 22.6 Å². The van der Waals surface area contributed by atoms with Crippen molar-refractivity contribution in [3.63, 3.8) is 0 Å². The predicted octanol–water partition coefficient (Wildman–Crippen LogP) is 4.52. The van der Waals surface area contributed by atoms with Crippen LogP contribution in [0.1, 0.15) is 47.8 Å². The van der Waals surface area contributed by atoms with Gasteiger partial charge in [0.2, 0.25) is 5.91 Å². The molecule has 2 N–H and O–H groups in total. The van der Waals surface area contributed by atoms with Crippen molar-refractivity contribution in [1.82, 2.24) is 4.90 Å². The second-order valence-corrected chi connectivity index (χ2v) is 6.59. The van der Waals surface area contributed by atoms with Gasteiger partial charge in [-0.25, -0.2) is 0 Å². The number of hydrogen-bond acceptors (Lipinski definition) is 2. The predicted molar refractivity (Wildman–Crippen MR) is 98.2 cm³/mol. The number of rotatable bonds is 7. The fourth-order valence-corrected chi connectivity index (χ4v) is 3.38. The first-order valence-corrected chi connectivity index (χ1v) is 8.69. The summed E-state index contributed by atoms with van der Waals surface area (Å²) in [6, 6.07) is 16.2. The van der Waals surface area contributed by atoms with E-state index in [0.29, 0.717) is 5.56 Å². The highest BCUT2D eigenvalue weighted by Crippen LogP contribution is 2.28. The summed E-state index contributed by atoms with van der Waals surface area (Å²) < 4.78 is 1.12. The lowest BCUT2D eigenvalue weighted by atomic mass is 10.0. The molecule has 0 aromatic heterocycles. The maximum atomic E-state index is 11.4. The Kier molecular flexibility index (Phi) is 6.37. The van der Waals surface area contributed by atoms with Crippen molar-refractivity contribution in [2.45, 2.75) is 32.9 Å². The van der Waals surface area contributed by atoms with E-state index in [1.807, 2.05) is 24.3 Å². The zero-order chi connectivity index (χ0) is 16.8. The molecular weight excluding hydrogens is 352 g/mol. The van der Waals surface area contributed by atoms with Gasteiger partial charge in [-0.15, -0.1) is 0 Å². The molecule has 0 spiro atoms. The first-order valence-electron chi connectivity index (χ1n) is 7.90. The van der Waals surface area contributed by atoms with Crippen LogP contribution in [0.15, 0.2) is 53.0 Å². The summed E-state index contributed by atoms with van der Waals surface area (Å²) in [4.78, 5) is 13.8. The van der Waals surface area contributed by atoms with Gasteiger partial charge in [-0.3, -0.25) is 9.69 Å². The van der Waals surface area contributed by atoms with Crippen LogP contribution in [0.5, 0.6) is 0 Å². The lowest BCUT2D eigenvalue weighted by molar-refractivity contribution is 0.1000. The van der Waals surface area contributed by atoms with Crippen molar-refractivity contribution in [3.05, 3.63) is 69.7 Å².